The standard InChI is InChI=1S/C11H15BrN4O/c1-7-4-10(15-5-8(7)12)16-2-3-17-9(6-16)11(13)14/h4-5,9H,2-3,6H2,1H3,(H3,13,14). The molecule has 0 amide bonds. The number of ether oxygens (including phenoxy) is 1. The third kappa shape index (κ3) is 2.76. The van der Waals surface area contributed by atoms with Crippen LogP contribution in [0.4, 0.5) is 5.82 Å². The van der Waals surface area contributed by atoms with Gasteiger partial charge in [-0.05, 0) is 34.5 Å². The summed E-state index contributed by atoms with van der Waals surface area (Å²) in [7, 11) is 0. The van der Waals surface area contributed by atoms with Crippen molar-refractivity contribution in [1.82, 2.24) is 4.98 Å². The Morgan fingerprint density at radius 2 is 2.47 bits per heavy atom. The number of aryl methyl sites for hydroxylation is 1. The van der Waals surface area contributed by atoms with Crippen molar-refractivity contribution in [1.29, 1.82) is 5.41 Å². The van der Waals surface area contributed by atoms with Crippen LogP contribution < -0.4 is 10.6 Å². The van der Waals surface area contributed by atoms with Crippen molar-refractivity contribution in [2.75, 3.05) is 24.6 Å². The molecule has 6 heteroatoms. The number of aromatic nitrogens is 1. The largest absolute Gasteiger partial charge is 0.385 e. The van der Waals surface area contributed by atoms with Gasteiger partial charge in [-0.15, -0.1) is 0 Å². The minimum absolute atomic E-state index is 0.0727. The summed E-state index contributed by atoms with van der Waals surface area (Å²) in [6.07, 6.45) is 1.47. The van der Waals surface area contributed by atoms with Crippen LogP contribution in [0.25, 0.3) is 0 Å². The zero-order chi connectivity index (χ0) is 12.4. The number of nitrogens with one attached hydrogen (secondary N) is 1. The molecule has 0 spiro atoms. The lowest BCUT2D eigenvalue weighted by molar-refractivity contribution is 0.0823. The summed E-state index contributed by atoms with van der Waals surface area (Å²) >= 11 is 3.43. The van der Waals surface area contributed by atoms with E-state index < -0.39 is 0 Å². The molecule has 3 N–H and O–H groups in total. The van der Waals surface area contributed by atoms with Crippen LogP contribution in [0.2, 0.25) is 0 Å². The molecule has 1 saturated heterocycles. The van der Waals surface area contributed by atoms with Crippen molar-refractivity contribution in [3.05, 3.63) is 22.3 Å². The molecule has 0 aliphatic carbocycles. The summed E-state index contributed by atoms with van der Waals surface area (Å²) in [6, 6.07) is 2.02. The highest BCUT2D eigenvalue weighted by Crippen LogP contribution is 2.21. The van der Waals surface area contributed by atoms with Gasteiger partial charge in [-0.3, -0.25) is 5.41 Å². The Balaban J connectivity index is 2.16. The molecule has 5 nitrogen and oxygen atoms in total. The molecule has 1 atom stereocenters. The average Bonchev–Trinajstić information content (AvgIpc) is 2.33. The second kappa shape index (κ2) is 5.01. The minimum Gasteiger partial charge on any atom is -0.385 e. The molecule has 92 valence electrons. The first-order valence-electron chi connectivity index (χ1n) is 5.40. The highest BCUT2D eigenvalue weighted by atomic mass is 79.9. The fourth-order valence-electron chi connectivity index (χ4n) is 1.74. The summed E-state index contributed by atoms with van der Waals surface area (Å²) in [5.41, 5.74) is 6.60. The molecule has 1 unspecified atom stereocenters. The van der Waals surface area contributed by atoms with Gasteiger partial charge in [-0.2, -0.15) is 0 Å². The number of amidine groups is 1. The van der Waals surface area contributed by atoms with Crippen molar-refractivity contribution in [2.45, 2.75) is 13.0 Å². The quantitative estimate of drug-likeness (QED) is 0.637. The van der Waals surface area contributed by atoms with E-state index in [-0.39, 0.29) is 11.9 Å². The van der Waals surface area contributed by atoms with E-state index in [0.29, 0.717) is 13.2 Å². The first-order chi connectivity index (χ1) is 8.08. The average molecular weight is 299 g/mol. The van der Waals surface area contributed by atoms with Crippen molar-refractivity contribution in [3.8, 4) is 0 Å². The van der Waals surface area contributed by atoms with E-state index in [2.05, 4.69) is 25.8 Å². The lowest BCUT2D eigenvalue weighted by Gasteiger charge is -2.33. The van der Waals surface area contributed by atoms with Crippen LogP contribution in [0.1, 0.15) is 5.56 Å². The Morgan fingerprint density at radius 3 is 3.12 bits per heavy atom. The molecule has 1 aromatic rings. The topological polar surface area (TPSA) is 75.2 Å². The molecule has 1 aromatic heterocycles. The monoisotopic (exact) mass is 298 g/mol. The number of rotatable bonds is 2. The molecule has 2 heterocycles. The highest BCUT2D eigenvalue weighted by Gasteiger charge is 2.23. The number of anilines is 1. The van der Waals surface area contributed by atoms with Gasteiger partial charge in [-0.1, -0.05) is 0 Å². The fourth-order valence-corrected chi connectivity index (χ4v) is 1.96. The van der Waals surface area contributed by atoms with E-state index in [1.54, 1.807) is 6.20 Å². The summed E-state index contributed by atoms with van der Waals surface area (Å²) in [5, 5.41) is 7.42. The van der Waals surface area contributed by atoms with Gasteiger partial charge in [0.05, 0.1) is 13.2 Å². The molecule has 1 aliphatic rings. The van der Waals surface area contributed by atoms with Crippen LogP contribution >= 0.6 is 15.9 Å². The van der Waals surface area contributed by atoms with Crippen molar-refractivity contribution < 1.29 is 4.74 Å². The summed E-state index contributed by atoms with van der Waals surface area (Å²) in [5.74, 6) is 0.976. The highest BCUT2D eigenvalue weighted by molar-refractivity contribution is 9.10. The first-order valence-corrected chi connectivity index (χ1v) is 6.20. The number of pyridine rings is 1. The van der Waals surface area contributed by atoms with Crippen LogP contribution in [0.5, 0.6) is 0 Å². The Kier molecular flexibility index (Phi) is 3.63. The smallest absolute Gasteiger partial charge is 0.131 e. The van der Waals surface area contributed by atoms with Crippen molar-refractivity contribution in [2.24, 2.45) is 5.73 Å². The number of halogens is 1. The maximum Gasteiger partial charge on any atom is 0.131 e. The van der Waals surface area contributed by atoms with Crippen molar-refractivity contribution in [3.63, 3.8) is 0 Å². The van der Waals surface area contributed by atoms with E-state index >= 15 is 0 Å². The van der Waals surface area contributed by atoms with Gasteiger partial charge >= 0.3 is 0 Å². The van der Waals surface area contributed by atoms with E-state index in [0.717, 1.165) is 22.4 Å². The van der Waals surface area contributed by atoms with E-state index in [1.165, 1.54) is 0 Å². The van der Waals surface area contributed by atoms with Crippen LogP contribution in [0.15, 0.2) is 16.7 Å². The molecular weight excluding hydrogens is 284 g/mol. The fraction of sp³-hybridized carbons (Fsp3) is 0.455. The number of morpholine rings is 1. The second-order valence-corrected chi connectivity index (χ2v) is 4.91. The summed E-state index contributed by atoms with van der Waals surface area (Å²) < 4.78 is 6.41. The van der Waals surface area contributed by atoms with Gasteiger partial charge in [0.1, 0.15) is 17.8 Å². The molecule has 0 saturated carbocycles. The predicted molar refractivity (Wildman–Crippen MR) is 70.5 cm³/mol. The zero-order valence-electron chi connectivity index (χ0n) is 9.61. The second-order valence-electron chi connectivity index (χ2n) is 4.05. The Bertz CT molecular complexity index is 437. The van der Waals surface area contributed by atoms with Gasteiger partial charge in [0.15, 0.2) is 0 Å². The summed E-state index contributed by atoms with van der Waals surface area (Å²) in [4.78, 5) is 6.46. The normalized spacial score (nSPS) is 20.4. The van der Waals surface area contributed by atoms with Crippen molar-refractivity contribution >= 4 is 27.6 Å². The van der Waals surface area contributed by atoms with Crippen LogP contribution in [0.3, 0.4) is 0 Å². The molecule has 2 rings (SSSR count). The molecule has 1 aliphatic heterocycles. The predicted octanol–water partition coefficient (Wildman–Crippen LogP) is 1.29. The third-order valence-electron chi connectivity index (χ3n) is 2.77. The van der Waals surface area contributed by atoms with Crippen LogP contribution in [-0.2, 0) is 4.74 Å². The Hall–Kier alpha value is -1.14. The lowest BCUT2D eigenvalue weighted by atomic mass is 10.2. The number of nitrogens with zero attached hydrogens (tertiary/aromatic N) is 2. The van der Waals surface area contributed by atoms with Crippen LogP contribution in [0, 0.1) is 12.3 Å². The Morgan fingerprint density at radius 1 is 1.71 bits per heavy atom. The molecule has 0 radical (unpaired) electrons. The minimum atomic E-state index is -0.325. The van der Waals surface area contributed by atoms with Gasteiger partial charge in [-0.25, -0.2) is 4.98 Å². The first kappa shape index (κ1) is 12.3. The summed E-state index contributed by atoms with van der Waals surface area (Å²) in [6.45, 7) is 3.96. The third-order valence-corrected chi connectivity index (χ3v) is 3.60. The van der Waals surface area contributed by atoms with Crippen LogP contribution in [-0.4, -0.2) is 36.6 Å². The van der Waals surface area contributed by atoms with Gasteiger partial charge in [0, 0.05) is 17.2 Å². The SMILES string of the molecule is Cc1cc(N2CCOC(C(=N)N)C2)ncc1Br. The maximum atomic E-state index is 7.42. The molecular formula is C11H15BrN4O. The molecule has 17 heavy (non-hydrogen) atoms. The lowest BCUT2D eigenvalue weighted by Crippen LogP contribution is -2.48. The van der Waals surface area contributed by atoms with E-state index in [1.807, 2.05) is 13.0 Å². The molecule has 0 aromatic carbocycles. The van der Waals surface area contributed by atoms with Gasteiger partial charge in [0.2, 0.25) is 0 Å². The zero-order valence-corrected chi connectivity index (χ0v) is 11.2. The van der Waals surface area contributed by atoms with E-state index in [9.17, 15) is 0 Å². The van der Waals surface area contributed by atoms with Gasteiger partial charge < -0.3 is 15.4 Å². The van der Waals surface area contributed by atoms with Gasteiger partial charge in [0.25, 0.3) is 0 Å². The maximum absolute atomic E-state index is 7.42. The molecule has 0 bridgehead atoms. The number of hydrogen-bond acceptors (Lipinski definition) is 4. The number of nitrogens with two attached hydrogens (primary N) is 1. The van der Waals surface area contributed by atoms with E-state index in [4.69, 9.17) is 15.9 Å². The molecule has 1 fully saturated rings. The number of hydrogen-bond donors (Lipinski definition) is 2. The Labute approximate surface area is 109 Å².